The van der Waals surface area contributed by atoms with Crippen LogP contribution in [0.4, 0.5) is 0 Å². The fraction of sp³-hybridized carbons (Fsp3) is 0.429. The lowest BCUT2D eigenvalue weighted by Gasteiger charge is -2.24. The van der Waals surface area contributed by atoms with Gasteiger partial charge in [0.15, 0.2) is 0 Å². The first-order valence-corrected chi connectivity index (χ1v) is 5.95. The van der Waals surface area contributed by atoms with Crippen LogP contribution >= 0.6 is 0 Å². The summed E-state index contributed by atoms with van der Waals surface area (Å²) in [5, 5.41) is 3.33. The van der Waals surface area contributed by atoms with E-state index in [1.54, 1.807) is 7.11 Å². The standard InChI is InChI=1S/C14H18N2O/c1-17-14-7-3-2-5-13(14)6-4-10-16-11-8-15-9-12-16/h2-3,5,7,15H,8-12H2,1H3. The van der Waals surface area contributed by atoms with Crippen LogP contribution < -0.4 is 10.1 Å². The number of nitrogens with zero attached hydrogens (tertiary/aromatic N) is 1. The molecule has 3 heteroatoms. The molecule has 0 aromatic heterocycles. The fourth-order valence-electron chi connectivity index (χ4n) is 1.86. The number of hydrogen-bond donors (Lipinski definition) is 1. The molecule has 0 bridgehead atoms. The first-order chi connectivity index (χ1) is 8.40. The molecule has 0 atom stereocenters. The Morgan fingerprint density at radius 1 is 1.29 bits per heavy atom. The predicted molar refractivity (Wildman–Crippen MR) is 69.2 cm³/mol. The lowest BCUT2D eigenvalue weighted by atomic mass is 10.2. The molecule has 1 aromatic carbocycles. The molecule has 3 nitrogen and oxygen atoms in total. The Labute approximate surface area is 103 Å². The summed E-state index contributed by atoms with van der Waals surface area (Å²) in [4.78, 5) is 2.36. The molecule has 1 saturated heterocycles. The molecule has 0 saturated carbocycles. The maximum atomic E-state index is 5.26. The van der Waals surface area contributed by atoms with E-state index in [2.05, 4.69) is 22.1 Å². The fourth-order valence-corrected chi connectivity index (χ4v) is 1.86. The maximum absolute atomic E-state index is 5.26. The van der Waals surface area contributed by atoms with Crippen LogP contribution in [0.1, 0.15) is 5.56 Å². The third-order valence-electron chi connectivity index (χ3n) is 2.84. The molecule has 1 aromatic rings. The van der Waals surface area contributed by atoms with Crippen LogP contribution in [0.25, 0.3) is 0 Å². The van der Waals surface area contributed by atoms with Crippen molar-refractivity contribution >= 4 is 0 Å². The second-order valence-electron chi connectivity index (χ2n) is 4.03. The molecule has 17 heavy (non-hydrogen) atoms. The summed E-state index contributed by atoms with van der Waals surface area (Å²) in [7, 11) is 1.68. The van der Waals surface area contributed by atoms with Crippen LogP contribution in [0.15, 0.2) is 24.3 Å². The number of benzene rings is 1. The van der Waals surface area contributed by atoms with Gasteiger partial charge in [0.25, 0.3) is 0 Å². The van der Waals surface area contributed by atoms with Crippen LogP contribution in [-0.4, -0.2) is 44.7 Å². The van der Waals surface area contributed by atoms with Crippen molar-refractivity contribution in [1.82, 2.24) is 10.2 Å². The van der Waals surface area contributed by atoms with Crippen LogP contribution in [0.3, 0.4) is 0 Å². The molecule has 1 N–H and O–H groups in total. The van der Waals surface area contributed by atoms with Gasteiger partial charge in [-0.2, -0.15) is 0 Å². The third-order valence-corrected chi connectivity index (χ3v) is 2.84. The maximum Gasteiger partial charge on any atom is 0.134 e. The van der Waals surface area contributed by atoms with Gasteiger partial charge in [0.1, 0.15) is 5.75 Å². The first kappa shape index (κ1) is 12.0. The van der Waals surface area contributed by atoms with Crippen molar-refractivity contribution in [3.05, 3.63) is 29.8 Å². The van der Waals surface area contributed by atoms with Gasteiger partial charge in [-0.15, -0.1) is 0 Å². The van der Waals surface area contributed by atoms with Gasteiger partial charge in [-0.1, -0.05) is 24.0 Å². The second-order valence-corrected chi connectivity index (χ2v) is 4.03. The highest BCUT2D eigenvalue weighted by atomic mass is 16.5. The number of para-hydroxylation sites is 1. The summed E-state index contributed by atoms with van der Waals surface area (Å²) in [6, 6.07) is 7.87. The summed E-state index contributed by atoms with van der Waals surface area (Å²) in [5.74, 6) is 7.24. The summed E-state index contributed by atoms with van der Waals surface area (Å²) in [6.45, 7) is 5.13. The van der Waals surface area contributed by atoms with Gasteiger partial charge in [0.2, 0.25) is 0 Å². The van der Waals surface area contributed by atoms with Crippen molar-refractivity contribution in [1.29, 1.82) is 0 Å². The van der Waals surface area contributed by atoms with Crippen molar-refractivity contribution in [3.63, 3.8) is 0 Å². The second kappa shape index (κ2) is 6.29. The lowest BCUT2D eigenvalue weighted by molar-refractivity contribution is 0.268. The van der Waals surface area contributed by atoms with E-state index >= 15 is 0 Å². The van der Waals surface area contributed by atoms with Crippen molar-refractivity contribution in [2.75, 3.05) is 39.8 Å². The van der Waals surface area contributed by atoms with Gasteiger partial charge >= 0.3 is 0 Å². The lowest BCUT2D eigenvalue weighted by Crippen LogP contribution is -2.43. The number of piperazine rings is 1. The van der Waals surface area contributed by atoms with Crippen molar-refractivity contribution in [3.8, 4) is 17.6 Å². The summed E-state index contributed by atoms with van der Waals surface area (Å²) < 4.78 is 5.26. The molecule has 0 aliphatic carbocycles. The number of nitrogens with one attached hydrogen (secondary N) is 1. The monoisotopic (exact) mass is 230 g/mol. The zero-order valence-corrected chi connectivity index (χ0v) is 10.2. The van der Waals surface area contributed by atoms with E-state index < -0.39 is 0 Å². The number of hydrogen-bond acceptors (Lipinski definition) is 3. The number of rotatable bonds is 2. The topological polar surface area (TPSA) is 24.5 Å². The molecule has 0 radical (unpaired) electrons. The highest BCUT2D eigenvalue weighted by molar-refractivity contribution is 5.45. The van der Waals surface area contributed by atoms with Crippen molar-refractivity contribution < 1.29 is 4.74 Å². The smallest absolute Gasteiger partial charge is 0.134 e. The molecule has 0 spiro atoms. The molecule has 1 heterocycles. The van der Waals surface area contributed by atoms with Gasteiger partial charge < -0.3 is 10.1 Å². The van der Waals surface area contributed by atoms with Gasteiger partial charge in [0, 0.05) is 26.2 Å². The summed E-state index contributed by atoms with van der Waals surface area (Å²) in [5.41, 5.74) is 0.963. The van der Waals surface area contributed by atoms with Gasteiger partial charge in [0.05, 0.1) is 19.2 Å². The van der Waals surface area contributed by atoms with Crippen molar-refractivity contribution in [2.45, 2.75) is 0 Å². The SMILES string of the molecule is COc1ccccc1C#CCN1CCNCC1. The molecule has 1 aliphatic rings. The average molecular weight is 230 g/mol. The Balaban J connectivity index is 1.95. The Hall–Kier alpha value is -1.50. The molecular weight excluding hydrogens is 212 g/mol. The van der Waals surface area contributed by atoms with Gasteiger partial charge in [-0.05, 0) is 12.1 Å². The minimum absolute atomic E-state index is 0.833. The Morgan fingerprint density at radius 2 is 2.06 bits per heavy atom. The quantitative estimate of drug-likeness (QED) is 0.766. The highest BCUT2D eigenvalue weighted by Gasteiger charge is 2.06. The van der Waals surface area contributed by atoms with Crippen LogP contribution in [-0.2, 0) is 0 Å². The highest BCUT2D eigenvalue weighted by Crippen LogP contribution is 2.15. The van der Waals surface area contributed by atoms with E-state index in [4.69, 9.17) is 4.74 Å². The van der Waals surface area contributed by atoms with E-state index in [1.165, 1.54) is 0 Å². The largest absolute Gasteiger partial charge is 0.495 e. The minimum atomic E-state index is 0.833. The van der Waals surface area contributed by atoms with Crippen molar-refractivity contribution in [2.24, 2.45) is 0 Å². The zero-order valence-electron chi connectivity index (χ0n) is 10.2. The van der Waals surface area contributed by atoms with E-state index in [1.807, 2.05) is 24.3 Å². The molecule has 2 rings (SSSR count). The van der Waals surface area contributed by atoms with E-state index in [0.29, 0.717) is 0 Å². The summed E-state index contributed by atoms with van der Waals surface area (Å²) in [6.07, 6.45) is 0. The minimum Gasteiger partial charge on any atom is -0.495 e. The molecule has 1 aliphatic heterocycles. The molecular formula is C14H18N2O. The first-order valence-electron chi connectivity index (χ1n) is 5.95. The third kappa shape index (κ3) is 3.48. The number of ether oxygens (including phenoxy) is 1. The molecule has 90 valence electrons. The normalized spacial score (nSPS) is 16.1. The Morgan fingerprint density at radius 3 is 2.82 bits per heavy atom. The van der Waals surface area contributed by atoms with E-state index in [-0.39, 0.29) is 0 Å². The van der Waals surface area contributed by atoms with E-state index in [0.717, 1.165) is 44.0 Å². The zero-order chi connectivity index (χ0) is 11.9. The van der Waals surface area contributed by atoms with Crippen LogP contribution in [0.2, 0.25) is 0 Å². The molecule has 0 unspecified atom stereocenters. The van der Waals surface area contributed by atoms with Crippen LogP contribution in [0.5, 0.6) is 5.75 Å². The van der Waals surface area contributed by atoms with Crippen LogP contribution in [0, 0.1) is 11.8 Å². The van der Waals surface area contributed by atoms with E-state index in [9.17, 15) is 0 Å². The van der Waals surface area contributed by atoms with Gasteiger partial charge in [-0.25, -0.2) is 0 Å². The molecule has 1 fully saturated rings. The predicted octanol–water partition coefficient (Wildman–Crippen LogP) is 0.952. The van der Waals surface area contributed by atoms with Gasteiger partial charge in [-0.3, -0.25) is 4.90 Å². The Kier molecular flexibility index (Phi) is 4.43. The molecule has 0 amide bonds. The average Bonchev–Trinajstić information content (AvgIpc) is 2.40. The Bertz CT molecular complexity index is 414. The summed E-state index contributed by atoms with van der Waals surface area (Å²) >= 11 is 0. The number of methoxy groups -OCH3 is 1.